The van der Waals surface area contributed by atoms with Gasteiger partial charge in [0.2, 0.25) is 0 Å². The highest BCUT2D eigenvalue weighted by atomic mass is 16.6. The van der Waals surface area contributed by atoms with Crippen molar-refractivity contribution in [2.24, 2.45) is 0 Å². The molecule has 0 aromatic heterocycles. The first-order chi connectivity index (χ1) is 13.1. The van der Waals surface area contributed by atoms with Gasteiger partial charge in [-0.25, -0.2) is 14.4 Å². The molecule has 1 amide bonds. The van der Waals surface area contributed by atoms with Gasteiger partial charge in [-0.2, -0.15) is 0 Å². The standard InChI is InChI=1S/C21H23NO6/c1-21(2,3)28-20(26)22-17(13-14-7-5-4-6-8-14)19(25)27-16-11-9-15(10-12-16)18(23)24/h4-12,17H,13H2,1-3H3,(H,22,26)(H,23,24)/t17-/m0/s1. The zero-order valence-corrected chi connectivity index (χ0v) is 16.0. The molecule has 0 heterocycles. The third-order valence-electron chi connectivity index (χ3n) is 3.58. The van der Waals surface area contributed by atoms with Crippen LogP contribution in [0, 0.1) is 0 Å². The number of benzene rings is 2. The molecule has 0 unspecified atom stereocenters. The third kappa shape index (κ3) is 6.75. The topological polar surface area (TPSA) is 102 Å². The van der Waals surface area contributed by atoms with Crippen molar-refractivity contribution in [1.82, 2.24) is 5.32 Å². The van der Waals surface area contributed by atoms with Crippen molar-refractivity contribution in [2.75, 3.05) is 0 Å². The molecule has 0 fully saturated rings. The molecule has 0 aliphatic heterocycles. The number of ether oxygens (including phenoxy) is 2. The average molecular weight is 385 g/mol. The number of esters is 1. The van der Waals surface area contributed by atoms with Gasteiger partial charge in [0, 0.05) is 6.42 Å². The van der Waals surface area contributed by atoms with Crippen LogP contribution in [-0.4, -0.2) is 34.8 Å². The minimum atomic E-state index is -1.08. The highest BCUT2D eigenvalue weighted by Gasteiger charge is 2.26. The fourth-order valence-electron chi connectivity index (χ4n) is 2.35. The van der Waals surface area contributed by atoms with Crippen LogP contribution in [0.4, 0.5) is 4.79 Å². The Bertz CT molecular complexity index is 824. The Morgan fingerprint density at radius 2 is 1.61 bits per heavy atom. The van der Waals surface area contributed by atoms with Crippen LogP contribution in [0.5, 0.6) is 5.75 Å². The summed E-state index contributed by atoms with van der Waals surface area (Å²) < 4.78 is 10.5. The van der Waals surface area contributed by atoms with Crippen LogP contribution in [0.3, 0.4) is 0 Å². The Labute approximate surface area is 163 Å². The molecule has 148 valence electrons. The van der Waals surface area contributed by atoms with Gasteiger partial charge >= 0.3 is 18.0 Å². The van der Waals surface area contributed by atoms with Crippen LogP contribution in [0.25, 0.3) is 0 Å². The number of carbonyl (C=O) groups is 3. The van der Waals surface area contributed by atoms with E-state index in [4.69, 9.17) is 14.6 Å². The number of alkyl carbamates (subject to hydrolysis) is 1. The highest BCUT2D eigenvalue weighted by molar-refractivity contribution is 5.88. The summed E-state index contributed by atoms with van der Waals surface area (Å²) in [5.74, 6) is -1.58. The van der Waals surface area contributed by atoms with E-state index in [9.17, 15) is 14.4 Å². The van der Waals surface area contributed by atoms with E-state index >= 15 is 0 Å². The number of hydrogen-bond donors (Lipinski definition) is 2. The number of amides is 1. The number of carboxylic acid groups (broad SMARTS) is 1. The Morgan fingerprint density at radius 3 is 2.14 bits per heavy atom. The molecule has 0 bridgehead atoms. The zero-order chi connectivity index (χ0) is 20.7. The maximum atomic E-state index is 12.6. The monoisotopic (exact) mass is 385 g/mol. The van der Waals surface area contributed by atoms with E-state index in [0.29, 0.717) is 0 Å². The van der Waals surface area contributed by atoms with Crippen LogP contribution >= 0.6 is 0 Å². The maximum absolute atomic E-state index is 12.6. The Kier molecular flexibility index (Phi) is 6.76. The molecule has 2 aromatic carbocycles. The van der Waals surface area contributed by atoms with Crippen molar-refractivity contribution in [3.63, 3.8) is 0 Å². The van der Waals surface area contributed by atoms with E-state index in [2.05, 4.69) is 5.32 Å². The maximum Gasteiger partial charge on any atom is 0.408 e. The van der Waals surface area contributed by atoms with Crippen LogP contribution in [0.2, 0.25) is 0 Å². The van der Waals surface area contributed by atoms with Gasteiger partial charge in [-0.15, -0.1) is 0 Å². The van der Waals surface area contributed by atoms with Crippen molar-refractivity contribution in [3.05, 3.63) is 65.7 Å². The molecular weight excluding hydrogens is 362 g/mol. The highest BCUT2D eigenvalue weighted by Crippen LogP contribution is 2.15. The molecule has 0 spiro atoms. The van der Waals surface area contributed by atoms with Gasteiger partial charge in [0.25, 0.3) is 0 Å². The molecular formula is C21H23NO6. The van der Waals surface area contributed by atoms with Gasteiger partial charge in [-0.05, 0) is 50.6 Å². The Balaban J connectivity index is 2.13. The Hall–Kier alpha value is -3.35. The summed E-state index contributed by atoms with van der Waals surface area (Å²) in [5, 5.41) is 11.5. The summed E-state index contributed by atoms with van der Waals surface area (Å²) in [6, 6.07) is 13.6. The number of rotatable bonds is 6. The van der Waals surface area contributed by atoms with Crippen molar-refractivity contribution in [2.45, 2.75) is 38.8 Å². The largest absolute Gasteiger partial charge is 0.478 e. The second kappa shape index (κ2) is 9.03. The minimum Gasteiger partial charge on any atom is -0.478 e. The summed E-state index contributed by atoms with van der Waals surface area (Å²) in [5.41, 5.74) is 0.201. The van der Waals surface area contributed by atoms with Crippen molar-refractivity contribution >= 4 is 18.0 Å². The first kappa shape index (κ1) is 21.0. The second-order valence-electron chi connectivity index (χ2n) is 7.14. The molecule has 2 rings (SSSR count). The van der Waals surface area contributed by atoms with Crippen molar-refractivity contribution in [1.29, 1.82) is 0 Å². The van der Waals surface area contributed by atoms with E-state index in [1.165, 1.54) is 24.3 Å². The number of aromatic carboxylic acids is 1. The number of nitrogens with one attached hydrogen (secondary N) is 1. The molecule has 1 atom stereocenters. The molecule has 2 N–H and O–H groups in total. The first-order valence-electron chi connectivity index (χ1n) is 8.72. The van der Waals surface area contributed by atoms with Gasteiger partial charge in [0.1, 0.15) is 17.4 Å². The molecule has 0 saturated heterocycles. The molecule has 0 aliphatic rings. The fraction of sp³-hybridized carbons (Fsp3) is 0.286. The average Bonchev–Trinajstić information content (AvgIpc) is 2.61. The summed E-state index contributed by atoms with van der Waals surface area (Å²) in [6.07, 6.45) is -0.516. The molecule has 0 saturated carbocycles. The van der Waals surface area contributed by atoms with E-state index < -0.39 is 29.7 Å². The molecule has 0 aliphatic carbocycles. The molecule has 2 aromatic rings. The van der Waals surface area contributed by atoms with Gasteiger partial charge in [-0.3, -0.25) is 0 Å². The lowest BCUT2D eigenvalue weighted by Gasteiger charge is -2.23. The van der Waals surface area contributed by atoms with E-state index in [-0.39, 0.29) is 17.7 Å². The predicted molar refractivity (Wildman–Crippen MR) is 102 cm³/mol. The van der Waals surface area contributed by atoms with E-state index in [0.717, 1.165) is 5.56 Å². The Morgan fingerprint density at radius 1 is 1.00 bits per heavy atom. The van der Waals surface area contributed by atoms with E-state index in [1.807, 2.05) is 30.3 Å². The number of hydrogen-bond acceptors (Lipinski definition) is 5. The zero-order valence-electron chi connectivity index (χ0n) is 16.0. The SMILES string of the molecule is CC(C)(C)OC(=O)N[C@@H](Cc1ccccc1)C(=O)Oc1ccc(C(=O)O)cc1. The van der Waals surface area contributed by atoms with Gasteiger partial charge < -0.3 is 19.9 Å². The summed E-state index contributed by atoms with van der Waals surface area (Å²) >= 11 is 0. The van der Waals surface area contributed by atoms with E-state index in [1.54, 1.807) is 20.8 Å². The van der Waals surface area contributed by atoms with Gasteiger partial charge in [0.15, 0.2) is 0 Å². The van der Waals surface area contributed by atoms with Crippen molar-refractivity contribution in [3.8, 4) is 5.75 Å². The summed E-state index contributed by atoms with van der Waals surface area (Å²) in [7, 11) is 0. The third-order valence-corrected chi connectivity index (χ3v) is 3.58. The number of carboxylic acids is 1. The first-order valence-corrected chi connectivity index (χ1v) is 8.72. The van der Waals surface area contributed by atoms with Crippen molar-refractivity contribution < 1.29 is 29.0 Å². The van der Waals surface area contributed by atoms with Crippen LogP contribution in [-0.2, 0) is 16.0 Å². The lowest BCUT2D eigenvalue weighted by molar-refractivity contribution is -0.136. The van der Waals surface area contributed by atoms with Crippen LogP contribution < -0.4 is 10.1 Å². The fourth-order valence-corrected chi connectivity index (χ4v) is 2.35. The minimum absolute atomic E-state index is 0.0764. The van der Waals surface area contributed by atoms with Gasteiger partial charge in [0.05, 0.1) is 5.56 Å². The quantitative estimate of drug-likeness (QED) is 0.583. The van der Waals surface area contributed by atoms with Crippen LogP contribution in [0.15, 0.2) is 54.6 Å². The molecule has 0 radical (unpaired) electrons. The summed E-state index contributed by atoms with van der Waals surface area (Å²) in [6.45, 7) is 5.17. The second-order valence-corrected chi connectivity index (χ2v) is 7.14. The molecule has 7 nitrogen and oxygen atoms in total. The lowest BCUT2D eigenvalue weighted by atomic mass is 10.1. The summed E-state index contributed by atoms with van der Waals surface area (Å²) in [4.78, 5) is 35.7. The predicted octanol–water partition coefficient (Wildman–Crippen LogP) is 3.43. The van der Waals surface area contributed by atoms with Crippen LogP contribution in [0.1, 0.15) is 36.7 Å². The smallest absolute Gasteiger partial charge is 0.408 e. The number of carbonyl (C=O) groups excluding carboxylic acids is 2. The lowest BCUT2D eigenvalue weighted by Crippen LogP contribution is -2.46. The molecule has 7 heteroatoms. The van der Waals surface area contributed by atoms with Gasteiger partial charge in [-0.1, -0.05) is 30.3 Å². The normalized spacial score (nSPS) is 12.0. The molecule has 28 heavy (non-hydrogen) atoms.